The number of nitrogens with zero attached hydrogens (tertiary/aromatic N) is 3. The molecular weight excluding hydrogens is 312 g/mol. The summed E-state index contributed by atoms with van der Waals surface area (Å²) >= 11 is 0. The molecule has 2 heterocycles. The van der Waals surface area contributed by atoms with Gasteiger partial charge in [-0.2, -0.15) is 0 Å². The Labute approximate surface area is 150 Å². The van der Waals surface area contributed by atoms with Gasteiger partial charge in [0, 0.05) is 54.9 Å². The molecule has 25 heavy (non-hydrogen) atoms. The van der Waals surface area contributed by atoms with Crippen molar-refractivity contribution in [1.29, 1.82) is 0 Å². The molecule has 0 bridgehead atoms. The van der Waals surface area contributed by atoms with Crippen LogP contribution in [0.2, 0.25) is 0 Å². The van der Waals surface area contributed by atoms with Crippen LogP contribution in [0.1, 0.15) is 29.9 Å². The van der Waals surface area contributed by atoms with E-state index in [4.69, 9.17) is 0 Å². The molecule has 1 aliphatic heterocycles. The number of hydrogen-bond donors (Lipinski definition) is 1. The minimum absolute atomic E-state index is 0.0177. The van der Waals surface area contributed by atoms with Gasteiger partial charge in [0.05, 0.1) is 5.52 Å². The van der Waals surface area contributed by atoms with Gasteiger partial charge in [0.15, 0.2) is 0 Å². The van der Waals surface area contributed by atoms with E-state index in [2.05, 4.69) is 41.0 Å². The van der Waals surface area contributed by atoms with Crippen molar-refractivity contribution < 1.29 is 4.79 Å². The van der Waals surface area contributed by atoms with E-state index in [1.807, 2.05) is 37.3 Å². The molecule has 1 aliphatic rings. The van der Waals surface area contributed by atoms with Gasteiger partial charge in [0.1, 0.15) is 0 Å². The smallest absolute Gasteiger partial charge is 0.251 e. The maximum Gasteiger partial charge on any atom is 0.251 e. The van der Waals surface area contributed by atoms with Crippen molar-refractivity contribution in [2.75, 3.05) is 39.8 Å². The fourth-order valence-corrected chi connectivity index (χ4v) is 3.33. The molecule has 1 N–H and O–H groups in total. The summed E-state index contributed by atoms with van der Waals surface area (Å²) in [5.74, 6) is -0.0177. The number of benzene rings is 1. The first-order valence-electron chi connectivity index (χ1n) is 8.94. The summed E-state index contributed by atoms with van der Waals surface area (Å²) in [5.41, 5.74) is 2.79. The van der Waals surface area contributed by atoms with Crippen LogP contribution in [0, 0.1) is 6.92 Å². The van der Waals surface area contributed by atoms with E-state index in [1.54, 1.807) is 0 Å². The highest BCUT2D eigenvalue weighted by Crippen LogP contribution is 2.18. The number of fused-ring (bicyclic) bond motifs is 1. The van der Waals surface area contributed by atoms with Crippen LogP contribution >= 0.6 is 0 Å². The lowest BCUT2D eigenvalue weighted by Gasteiger charge is -2.45. The number of amides is 1. The molecule has 0 aliphatic carbocycles. The molecular formula is C20H28N4O. The lowest BCUT2D eigenvalue weighted by molar-refractivity contribution is 0.0406. The van der Waals surface area contributed by atoms with Crippen LogP contribution in [-0.2, 0) is 0 Å². The number of likely N-dealkylation sites (N-methyl/N-ethyl adjacent to an activating group) is 1. The maximum absolute atomic E-state index is 12.4. The molecule has 5 nitrogen and oxygen atoms in total. The monoisotopic (exact) mass is 340 g/mol. The number of aryl methyl sites for hydroxylation is 1. The first-order valence-corrected chi connectivity index (χ1v) is 8.94. The zero-order chi connectivity index (χ0) is 18.0. The van der Waals surface area contributed by atoms with E-state index >= 15 is 0 Å². The number of aromatic nitrogens is 1. The molecule has 1 saturated heterocycles. The molecule has 0 spiro atoms. The van der Waals surface area contributed by atoms with Crippen molar-refractivity contribution in [3.63, 3.8) is 0 Å². The number of nitrogens with one attached hydrogen (secondary N) is 1. The average Bonchev–Trinajstić information content (AvgIpc) is 2.57. The second kappa shape index (κ2) is 7.10. The first kappa shape index (κ1) is 17.8. The molecule has 0 atom stereocenters. The predicted octanol–water partition coefficient (Wildman–Crippen LogP) is 2.30. The maximum atomic E-state index is 12.4. The van der Waals surface area contributed by atoms with E-state index in [-0.39, 0.29) is 11.4 Å². The third-order valence-corrected chi connectivity index (χ3v) is 5.20. The fourth-order valence-electron chi connectivity index (χ4n) is 3.33. The Bertz CT molecular complexity index is 771. The van der Waals surface area contributed by atoms with Gasteiger partial charge in [-0.15, -0.1) is 0 Å². The van der Waals surface area contributed by atoms with Gasteiger partial charge in [0.2, 0.25) is 0 Å². The largest absolute Gasteiger partial charge is 0.351 e. The molecule has 1 aromatic heterocycles. The van der Waals surface area contributed by atoms with Crippen molar-refractivity contribution >= 4 is 16.8 Å². The second-order valence-corrected chi connectivity index (χ2v) is 7.63. The molecule has 1 amide bonds. The predicted molar refractivity (Wildman–Crippen MR) is 102 cm³/mol. The zero-order valence-corrected chi connectivity index (χ0v) is 15.7. The molecule has 134 valence electrons. The van der Waals surface area contributed by atoms with Crippen LogP contribution in [0.3, 0.4) is 0 Å². The van der Waals surface area contributed by atoms with Gasteiger partial charge in [-0.3, -0.25) is 19.6 Å². The summed E-state index contributed by atoms with van der Waals surface area (Å²) in [6.07, 6.45) is 0. The van der Waals surface area contributed by atoms with E-state index in [1.165, 1.54) is 0 Å². The lowest BCUT2D eigenvalue weighted by Crippen LogP contribution is -2.58. The van der Waals surface area contributed by atoms with Gasteiger partial charge in [-0.25, -0.2) is 0 Å². The quantitative estimate of drug-likeness (QED) is 0.928. The van der Waals surface area contributed by atoms with Gasteiger partial charge in [-0.05, 0) is 52.1 Å². The van der Waals surface area contributed by atoms with Gasteiger partial charge in [-0.1, -0.05) is 6.07 Å². The normalized spacial score (nSPS) is 18.4. The fraction of sp³-hybridized carbons (Fsp3) is 0.500. The Balaban J connectivity index is 1.55. The van der Waals surface area contributed by atoms with Crippen molar-refractivity contribution in [3.05, 3.63) is 41.6 Å². The Kier molecular flexibility index (Phi) is 5.06. The zero-order valence-electron chi connectivity index (χ0n) is 15.7. The van der Waals surface area contributed by atoms with E-state index in [0.717, 1.165) is 42.8 Å². The van der Waals surface area contributed by atoms with Gasteiger partial charge >= 0.3 is 0 Å². The number of carbonyl (C=O) groups is 1. The number of hydrogen-bond acceptors (Lipinski definition) is 4. The van der Waals surface area contributed by atoms with Crippen LogP contribution in [-0.4, -0.2) is 66.0 Å². The Morgan fingerprint density at radius 2 is 2.04 bits per heavy atom. The standard InChI is InChI=1S/C20H28N4O/c1-15-5-6-16-13-17(7-8-18(16)22-15)19(25)21-9-10-24-12-11-23(4)20(2,3)14-24/h5-8,13H,9-12,14H2,1-4H3,(H,21,25). The summed E-state index contributed by atoms with van der Waals surface area (Å²) in [5, 5.41) is 4.05. The summed E-state index contributed by atoms with van der Waals surface area (Å²) in [4.78, 5) is 21.7. The van der Waals surface area contributed by atoms with Crippen molar-refractivity contribution in [2.45, 2.75) is 26.3 Å². The highest BCUT2D eigenvalue weighted by molar-refractivity contribution is 5.97. The third kappa shape index (κ3) is 4.17. The minimum atomic E-state index is -0.0177. The van der Waals surface area contributed by atoms with E-state index < -0.39 is 0 Å². The lowest BCUT2D eigenvalue weighted by atomic mass is 10.00. The topological polar surface area (TPSA) is 48.5 Å². The van der Waals surface area contributed by atoms with E-state index in [9.17, 15) is 4.79 Å². The van der Waals surface area contributed by atoms with Crippen molar-refractivity contribution in [3.8, 4) is 0 Å². The third-order valence-electron chi connectivity index (χ3n) is 5.20. The second-order valence-electron chi connectivity index (χ2n) is 7.63. The molecule has 0 unspecified atom stereocenters. The number of carbonyl (C=O) groups excluding carboxylic acids is 1. The Morgan fingerprint density at radius 1 is 1.24 bits per heavy atom. The molecule has 1 aromatic carbocycles. The molecule has 0 saturated carbocycles. The molecule has 3 rings (SSSR count). The average molecular weight is 340 g/mol. The minimum Gasteiger partial charge on any atom is -0.351 e. The molecule has 0 radical (unpaired) electrons. The first-order chi connectivity index (χ1) is 11.8. The highest BCUT2D eigenvalue weighted by Gasteiger charge is 2.30. The van der Waals surface area contributed by atoms with Crippen LogP contribution < -0.4 is 5.32 Å². The summed E-state index contributed by atoms with van der Waals surface area (Å²) in [6, 6.07) is 9.67. The van der Waals surface area contributed by atoms with Crippen LogP contribution in [0.25, 0.3) is 10.9 Å². The number of piperazine rings is 1. The van der Waals surface area contributed by atoms with Gasteiger partial charge in [0.25, 0.3) is 5.91 Å². The summed E-state index contributed by atoms with van der Waals surface area (Å²) in [6.45, 7) is 11.2. The number of rotatable bonds is 4. The van der Waals surface area contributed by atoms with Crippen LogP contribution in [0.15, 0.2) is 30.3 Å². The van der Waals surface area contributed by atoms with Crippen molar-refractivity contribution in [2.24, 2.45) is 0 Å². The summed E-state index contributed by atoms with van der Waals surface area (Å²) in [7, 11) is 2.18. The highest BCUT2D eigenvalue weighted by atomic mass is 16.1. The molecule has 5 heteroatoms. The Hall–Kier alpha value is -1.98. The number of pyridine rings is 1. The molecule has 2 aromatic rings. The summed E-state index contributed by atoms with van der Waals surface area (Å²) < 4.78 is 0. The van der Waals surface area contributed by atoms with Crippen molar-refractivity contribution in [1.82, 2.24) is 20.1 Å². The molecule has 1 fully saturated rings. The van der Waals surface area contributed by atoms with Gasteiger partial charge < -0.3 is 5.32 Å². The van der Waals surface area contributed by atoms with E-state index in [0.29, 0.717) is 12.1 Å². The Morgan fingerprint density at radius 3 is 2.80 bits per heavy atom. The van der Waals surface area contributed by atoms with Crippen LogP contribution in [0.4, 0.5) is 0 Å². The SMILES string of the molecule is Cc1ccc2cc(C(=O)NCCN3CCN(C)C(C)(C)C3)ccc2n1. The van der Waals surface area contributed by atoms with Crippen LogP contribution in [0.5, 0.6) is 0 Å².